The summed E-state index contributed by atoms with van der Waals surface area (Å²) >= 11 is 0. The summed E-state index contributed by atoms with van der Waals surface area (Å²) in [4.78, 5) is 30.2. The molecule has 0 saturated heterocycles. The van der Waals surface area contributed by atoms with Crippen molar-refractivity contribution in [2.45, 2.75) is 43.6 Å². The second-order valence-corrected chi connectivity index (χ2v) is 8.08. The normalized spacial score (nSPS) is 24.1. The maximum Gasteiger partial charge on any atom is 0.274 e. The zero-order valence-electron chi connectivity index (χ0n) is 17.7. The van der Waals surface area contributed by atoms with Gasteiger partial charge < -0.3 is 25.3 Å². The number of alkyl halides is 1. The number of carbonyl (C=O) groups excluding carboxylic acids is 1. The van der Waals surface area contributed by atoms with Crippen LogP contribution in [-0.2, 0) is 4.74 Å². The van der Waals surface area contributed by atoms with Gasteiger partial charge in [0.15, 0.2) is 5.65 Å². The highest BCUT2D eigenvalue weighted by Crippen LogP contribution is 2.37. The Morgan fingerprint density at radius 2 is 2.16 bits per heavy atom. The average Bonchev–Trinajstić information content (AvgIpc) is 3.33. The molecule has 4 atom stereocenters. The Hall–Kier alpha value is -3.47. The molecule has 2 aliphatic carbocycles. The molecule has 10 nitrogen and oxygen atoms in total. The minimum Gasteiger partial charge on any atom is -0.379 e. The number of methoxy groups -OCH3 is 1. The third kappa shape index (κ3) is 3.48. The van der Waals surface area contributed by atoms with Crippen LogP contribution >= 0.6 is 0 Å². The highest BCUT2D eigenvalue weighted by Gasteiger charge is 2.40. The van der Waals surface area contributed by atoms with Gasteiger partial charge in [0.25, 0.3) is 11.5 Å². The van der Waals surface area contributed by atoms with E-state index in [-0.39, 0.29) is 29.3 Å². The minimum absolute atomic E-state index is 0.00878. The minimum atomic E-state index is -0.991. The van der Waals surface area contributed by atoms with Crippen LogP contribution in [0.4, 0.5) is 21.7 Å². The van der Waals surface area contributed by atoms with Gasteiger partial charge in [-0.25, -0.2) is 9.37 Å². The van der Waals surface area contributed by atoms with E-state index in [1.807, 2.05) is 0 Å². The maximum atomic E-state index is 13.5. The smallest absolute Gasteiger partial charge is 0.274 e. The zero-order chi connectivity index (χ0) is 22.4. The van der Waals surface area contributed by atoms with Crippen LogP contribution in [0.1, 0.15) is 35.7 Å². The Bertz CT molecular complexity index is 1240. The highest BCUT2D eigenvalue weighted by molar-refractivity contribution is 6.00. The molecule has 3 heterocycles. The van der Waals surface area contributed by atoms with Crippen LogP contribution in [0.25, 0.3) is 5.65 Å². The van der Waals surface area contributed by atoms with Crippen LogP contribution in [0.2, 0.25) is 0 Å². The second-order valence-electron chi connectivity index (χ2n) is 8.08. The van der Waals surface area contributed by atoms with Crippen molar-refractivity contribution in [3.63, 3.8) is 0 Å². The summed E-state index contributed by atoms with van der Waals surface area (Å²) in [5.41, 5.74) is 0.601. The summed E-state index contributed by atoms with van der Waals surface area (Å²) in [7, 11) is 3.35. The number of nitrogens with zero attached hydrogens (tertiary/aromatic N) is 4. The Kier molecular flexibility index (Phi) is 5.04. The number of nitrogens with one attached hydrogen (secondary N) is 3. The SMILES string of the molecule is CNc1cc(Nc2cccn([C@H]3C[C@@H]3F)c2=O)nc2c(C(=O)N[C@H]3CC[C@@H]3OC)cnn12. The van der Waals surface area contributed by atoms with Gasteiger partial charge in [-0.15, -0.1) is 0 Å². The molecule has 3 aromatic heterocycles. The van der Waals surface area contributed by atoms with Crippen LogP contribution in [-0.4, -0.2) is 57.5 Å². The molecule has 1 amide bonds. The summed E-state index contributed by atoms with van der Waals surface area (Å²) < 4.78 is 21.7. The van der Waals surface area contributed by atoms with Crippen LogP contribution in [0.5, 0.6) is 0 Å². The lowest BCUT2D eigenvalue weighted by atomic mass is 9.89. The fourth-order valence-electron chi connectivity index (χ4n) is 3.97. The molecule has 3 N–H and O–H groups in total. The van der Waals surface area contributed by atoms with Gasteiger partial charge in [-0.2, -0.15) is 9.61 Å². The monoisotopic (exact) mass is 441 g/mol. The molecule has 0 aromatic carbocycles. The van der Waals surface area contributed by atoms with Crippen molar-refractivity contribution in [2.75, 3.05) is 24.8 Å². The molecule has 168 valence electrons. The lowest BCUT2D eigenvalue weighted by Crippen LogP contribution is -2.51. The molecule has 2 saturated carbocycles. The number of hydrogen-bond acceptors (Lipinski definition) is 7. The number of hydrogen-bond donors (Lipinski definition) is 3. The summed E-state index contributed by atoms with van der Waals surface area (Å²) in [6, 6.07) is 4.53. The number of aromatic nitrogens is 4. The number of anilines is 3. The first-order valence-corrected chi connectivity index (χ1v) is 10.5. The van der Waals surface area contributed by atoms with Crippen LogP contribution in [0.3, 0.4) is 0 Å². The molecule has 5 rings (SSSR count). The van der Waals surface area contributed by atoms with Gasteiger partial charge in [0.1, 0.15) is 29.1 Å². The first-order valence-electron chi connectivity index (χ1n) is 10.5. The molecule has 32 heavy (non-hydrogen) atoms. The number of halogens is 1. The molecule has 0 spiro atoms. The number of fused-ring (bicyclic) bond motifs is 1. The van der Waals surface area contributed by atoms with Gasteiger partial charge in [-0.05, 0) is 25.0 Å². The third-order valence-electron chi connectivity index (χ3n) is 6.08. The third-order valence-corrected chi connectivity index (χ3v) is 6.08. The van der Waals surface area contributed by atoms with Gasteiger partial charge in [-0.3, -0.25) is 9.59 Å². The van der Waals surface area contributed by atoms with Crippen molar-refractivity contribution in [3.8, 4) is 0 Å². The number of carbonyl (C=O) groups is 1. The van der Waals surface area contributed by atoms with E-state index >= 15 is 0 Å². The Labute approximate surface area is 182 Å². The van der Waals surface area contributed by atoms with E-state index < -0.39 is 12.2 Å². The molecule has 11 heteroatoms. The number of pyridine rings is 1. The van der Waals surface area contributed by atoms with E-state index in [1.54, 1.807) is 38.6 Å². The summed E-state index contributed by atoms with van der Waals surface area (Å²) in [6.45, 7) is 0. The summed E-state index contributed by atoms with van der Waals surface area (Å²) in [6.07, 6.45) is 4.17. The summed E-state index contributed by atoms with van der Waals surface area (Å²) in [5, 5.41) is 13.3. The first kappa shape index (κ1) is 20.4. The van der Waals surface area contributed by atoms with Crippen molar-refractivity contribution in [1.82, 2.24) is 24.5 Å². The van der Waals surface area contributed by atoms with E-state index in [0.29, 0.717) is 29.3 Å². The molecule has 0 aliphatic heterocycles. The Morgan fingerprint density at radius 3 is 2.81 bits per heavy atom. The standard InChI is InChI=1S/C21H24FN7O3/c1-23-18-9-17(25-14-4-3-7-28(21(14)31)15-8-12(15)22)27-19-11(10-24-29(18)19)20(30)26-13-5-6-16(13)32-2/h3-4,7,9-10,12-13,15-16,23H,5-6,8H2,1-2H3,(H,25,27)(H,26,30)/t12-,13-,15-,16-/m0/s1. The van der Waals surface area contributed by atoms with Crippen LogP contribution < -0.4 is 21.5 Å². The van der Waals surface area contributed by atoms with Gasteiger partial charge in [-0.1, -0.05) is 0 Å². The van der Waals surface area contributed by atoms with E-state index in [4.69, 9.17) is 4.74 Å². The number of ether oxygens (including phenoxy) is 1. The Balaban J connectivity index is 1.46. The maximum absolute atomic E-state index is 13.5. The lowest BCUT2D eigenvalue weighted by molar-refractivity contribution is 0.00732. The molecule has 3 aromatic rings. The van der Waals surface area contributed by atoms with E-state index in [2.05, 4.69) is 26.0 Å². The summed E-state index contributed by atoms with van der Waals surface area (Å²) in [5.74, 6) is 0.651. The fourth-order valence-corrected chi connectivity index (χ4v) is 3.97. The predicted molar refractivity (Wildman–Crippen MR) is 116 cm³/mol. The number of amides is 1. The molecule has 2 fully saturated rings. The topological polar surface area (TPSA) is 115 Å². The molecule has 0 unspecified atom stereocenters. The van der Waals surface area contributed by atoms with E-state index in [0.717, 1.165) is 12.8 Å². The molecular weight excluding hydrogens is 417 g/mol. The number of rotatable bonds is 7. The van der Waals surface area contributed by atoms with Gasteiger partial charge in [0.05, 0.1) is 24.4 Å². The van der Waals surface area contributed by atoms with Crippen molar-refractivity contribution in [3.05, 3.63) is 46.5 Å². The largest absolute Gasteiger partial charge is 0.379 e. The van der Waals surface area contributed by atoms with Gasteiger partial charge in [0, 0.05) is 32.8 Å². The van der Waals surface area contributed by atoms with Crippen LogP contribution in [0.15, 0.2) is 35.4 Å². The Morgan fingerprint density at radius 1 is 1.34 bits per heavy atom. The fraction of sp³-hybridized carbons (Fsp3) is 0.429. The van der Waals surface area contributed by atoms with Crippen molar-refractivity contribution >= 4 is 28.9 Å². The molecule has 0 bridgehead atoms. The predicted octanol–water partition coefficient (Wildman–Crippen LogP) is 1.87. The molecule has 0 radical (unpaired) electrons. The van der Waals surface area contributed by atoms with E-state index in [1.165, 1.54) is 15.3 Å². The molecule has 2 aliphatic rings. The van der Waals surface area contributed by atoms with Crippen molar-refractivity contribution < 1.29 is 13.9 Å². The molecular formula is C21H24FN7O3. The van der Waals surface area contributed by atoms with E-state index in [9.17, 15) is 14.0 Å². The first-order chi connectivity index (χ1) is 15.5. The van der Waals surface area contributed by atoms with Gasteiger partial charge >= 0.3 is 0 Å². The second kappa shape index (κ2) is 7.90. The van der Waals surface area contributed by atoms with Crippen molar-refractivity contribution in [2.24, 2.45) is 0 Å². The highest BCUT2D eigenvalue weighted by atomic mass is 19.1. The van der Waals surface area contributed by atoms with Crippen molar-refractivity contribution in [1.29, 1.82) is 0 Å². The van der Waals surface area contributed by atoms with Crippen LogP contribution in [0, 0.1) is 0 Å². The lowest BCUT2D eigenvalue weighted by Gasteiger charge is -2.35. The van der Waals surface area contributed by atoms with Gasteiger partial charge in [0.2, 0.25) is 0 Å². The average molecular weight is 441 g/mol. The zero-order valence-corrected chi connectivity index (χ0v) is 17.7. The quantitative estimate of drug-likeness (QED) is 0.513.